The van der Waals surface area contributed by atoms with Crippen LogP contribution in [-0.2, 0) is 6.54 Å². The minimum absolute atomic E-state index is 0.243. The maximum absolute atomic E-state index is 9.90. The highest BCUT2D eigenvalue weighted by Gasteiger charge is 2.19. The topological polar surface area (TPSA) is 41.5 Å². The smallest absolute Gasteiger partial charge is 0.138 e. The van der Waals surface area contributed by atoms with E-state index in [1.54, 1.807) is 6.92 Å². The lowest BCUT2D eigenvalue weighted by molar-refractivity contribution is 0.00850. The number of benzene rings is 1. The van der Waals surface area contributed by atoms with Gasteiger partial charge in [0.2, 0.25) is 0 Å². The molecule has 0 amide bonds. The molecule has 4 heteroatoms. The molecule has 2 N–H and O–H groups in total. The van der Waals surface area contributed by atoms with Crippen molar-refractivity contribution in [2.24, 2.45) is 0 Å². The Bertz CT molecular complexity index is 405. The van der Waals surface area contributed by atoms with Crippen LogP contribution in [0.3, 0.4) is 0 Å². The van der Waals surface area contributed by atoms with Gasteiger partial charge in [0.1, 0.15) is 12.4 Å². The summed E-state index contributed by atoms with van der Waals surface area (Å²) in [5.41, 5.74) is 0.301. The van der Waals surface area contributed by atoms with Crippen LogP contribution in [0.25, 0.3) is 0 Å². The molecule has 0 heterocycles. The van der Waals surface area contributed by atoms with Gasteiger partial charge >= 0.3 is 0 Å². The van der Waals surface area contributed by atoms with Gasteiger partial charge in [-0.05, 0) is 31.0 Å². The molecule has 19 heavy (non-hydrogen) atoms. The van der Waals surface area contributed by atoms with Crippen molar-refractivity contribution in [2.75, 3.05) is 6.61 Å². The summed E-state index contributed by atoms with van der Waals surface area (Å²) in [7, 11) is 0. The van der Waals surface area contributed by atoms with Crippen molar-refractivity contribution in [1.82, 2.24) is 5.32 Å². The van der Waals surface area contributed by atoms with Gasteiger partial charge in [0.25, 0.3) is 0 Å². The molecule has 0 aliphatic heterocycles. The van der Waals surface area contributed by atoms with Crippen molar-refractivity contribution in [3.05, 3.63) is 28.8 Å². The van der Waals surface area contributed by atoms with Gasteiger partial charge in [-0.3, -0.25) is 0 Å². The van der Waals surface area contributed by atoms with E-state index in [0.29, 0.717) is 23.2 Å². The number of rotatable bonds is 7. The third-order valence-electron chi connectivity index (χ3n) is 3.01. The van der Waals surface area contributed by atoms with Crippen LogP contribution >= 0.6 is 11.6 Å². The summed E-state index contributed by atoms with van der Waals surface area (Å²) in [4.78, 5) is 0. The van der Waals surface area contributed by atoms with Gasteiger partial charge in [-0.25, -0.2) is 0 Å². The van der Waals surface area contributed by atoms with E-state index in [0.717, 1.165) is 12.1 Å². The zero-order chi connectivity index (χ0) is 14.5. The van der Waals surface area contributed by atoms with Gasteiger partial charge in [-0.15, -0.1) is 0 Å². The Balaban J connectivity index is 2.62. The van der Waals surface area contributed by atoms with Crippen LogP contribution < -0.4 is 10.1 Å². The summed E-state index contributed by atoms with van der Waals surface area (Å²) in [6.07, 6.45) is 0.640. The quantitative estimate of drug-likeness (QED) is 0.807. The predicted octanol–water partition coefficient (Wildman–Crippen LogP) is 3.38. The summed E-state index contributed by atoms with van der Waals surface area (Å²) in [5.74, 6) is 0.615. The largest absolute Gasteiger partial charge is 0.489 e. The standard InChI is InChI=1S/C15H24ClNO2/c1-5-15(4,18)10-19-14-7-6-12(8-13(14)16)9-17-11(2)3/h6-8,11,17-18H,5,9-10H2,1-4H3. The van der Waals surface area contributed by atoms with Gasteiger partial charge in [0, 0.05) is 12.6 Å². The Kier molecular flexibility index (Phi) is 6.11. The van der Waals surface area contributed by atoms with Crippen molar-refractivity contribution in [2.45, 2.75) is 52.3 Å². The number of hydrogen-bond donors (Lipinski definition) is 2. The molecule has 1 aromatic carbocycles. The van der Waals surface area contributed by atoms with Crippen LogP contribution in [0.2, 0.25) is 5.02 Å². The predicted molar refractivity (Wildman–Crippen MR) is 79.8 cm³/mol. The second-order valence-corrected chi connectivity index (χ2v) is 5.85. The highest BCUT2D eigenvalue weighted by Crippen LogP contribution is 2.26. The van der Waals surface area contributed by atoms with Crippen molar-refractivity contribution in [1.29, 1.82) is 0 Å². The van der Waals surface area contributed by atoms with Gasteiger partial charge in [-0.1, -0.05) is 38.4 Å². The van der Waals surface area contributed by atoms with Crippen molar-refractivity contribution in [3.63, 3.8) is 0 Å². The molecule has 1 atom stereocenters. The van der Waals surface area contributed by atoms with Crippen molar-refractivity contribution in [3.8, 4) is 5.75 Å². The molecular weight excluding hydrogens is 262 g/mol. The SMILES string of the molecule is CCC(C)(O)COc1ccc(CNC(C)C)cc1Cl. The van der Waals surface area contributed by atoms with E-state index in [4.69, 9.17) is 16.3 Å². The van der Waals surface area contributed by atoms with E-state index in [1.165, 1.54) is 0 Å². The first kappa shape index (κ1) is 16.3. The Morgan fingerprint density at radius 2 is 2.11 bits per heavy atom. The fourth-order valence-corrected chi connectivity index (χ4v) is 1.69. The average Bonchev–Trinajstić information content (AvgIpc) is 2.35. The summed E-state index contributed by atoms with van der Waals surface area (Å²) < 4.78 is 5.57. The lowest BCUT2D eigenvalue weighted by Crippen LogP contribution is -2.31. The molecule has 0 saturated heterocycles. The van der Waals surface area contributed by atoms with Crippen LogP contribution in [0.5, 0.6) is 5.75 Å². The molecule has 1 rings (SSSR count). The molecule has 0 spiro atoms. The van der Waals surface area contributed by atoms with E-state index in [-0.39, 0.29) is 6.61 Å². The maximum atomic E-state index is 9.90. The van der Waals surface area contributed by atoms with Gasteiger partial charge in [0.15, 0.2) is 0 Å². The van der Waals surface area contributed by atoms with Crippen LogP contribution in [0, 0.1) is 0 Å². The monoisotopic (exact) mass is 285 g/mol. The first-order chi connectivity index (χ1) is 8.84. The number of ether oxygens (including phenoxy) is 1. The van der Waals surface area contributed by atoms with Crippen molar-refractivity contribution < 1.29 is 9.84 Å². The number of hydrogen-bond acceptors (Lipinski definition) is 3. The van der Waals surface area contributed by atoms with Crippen molar-refractivity contribution >= 4 is 11.6 Å². The zero-order valence-corrected chi connectivity index (χ0v) is 12.9. The molecule has 108 valence electrons. The van der Waals surface area contributed by atoms with E-state index in [9.17, 15) is 5.11 Å². The molecule has 0 aliphatic rings. The molecule has 0 aromatic heterocycles. The summed E-state index contributed by atoms with van der Waals surface area (Å²) in [6.45, 7) is 8.91. The fourth-order valence-electron chi connectivity index (χ4n) is 1.43. The second kappa shape index (κ2) is 7.13. The van der Waals surface area contributed by atoms with Crippen LogP contribution in [-0.4, -0.2) is 23.4 Å². The Morgan fingerprint density at radius 3 is 2.63 bits per heavy atom. The zero-order valence-electron chi connectivity index (χ0n) is 12.2. The highest BCUT2D eigenvalue weighted by molar-refractivity contribution is 6.32. The third-order valence-corrected chi connectivity index (χ3v) is 3.31. The first-order valence-corrected chi connectivity index (χ1v) is 7.09. The Morgan fingerprint density at radius 1 is 1.42 bits per heavy atom. The molecule has 3 nitrogen and oxygen atoms in total. The number of nitrogens with one attached hydrogen (secondary N) is 1. The molecule has 0 saturated carbocycles. The number of aliphatic hydroxyl groups is 1. The average molecular weight is 286 g/mol. The summed E-state index contributed by atoms with van der Waals surface area (Å²) in [5, 5.41) is 13.8. The molecule has 0 bridgehead atoms. The van der Waals surface area contributed by atoms with E-state index < -0.39 is 5.60 Å². The summed E-state index contributed by atoms with van der Waals surface area (Å²) >= 11 is 6.18. The lowest BCUT2D eigenvalue weighted by atomic mass is 10.1. The van der Waals surface area contributed by atoms with E-state index >= 15 is 0 Å². The van der Waals surface area contributed by atoms with Crippen LogP contribution in [0.1, 0.15) is 39.7 Å². The van der Waals surface area contributed by atoms with Gasteiger partial charge in [-0.2, -0.15) is 0 Å². The minimum atomic E-state index is -0.818. The summed E-state index contributed by atoms with van der Waals surface area (Å²) in [6, 6.07) is 6.17. The molecule has 0 fully saturated rings. The molecule has 1 unspecified atom stereocenters. The fraction of sp³-hybridized carbons (Fsp3) is 0.600. The first-order valence-electron chi connectivity index (χ1n) is 6.71. The second-order valence-electron chi connectivity index (χ2n) is 5.44. The molecule has 0 aliphatic carbocycles. The van der Waals surface area contributed by atoms with Crippen LogP contribution in [0.4, 0.5) is 0 Å². The lowest BCUT2D eigenvalue weighted by Gasteiger charge is -2.22. The normalized spacial score (nSPS) is 14.5. The van der Waals surface area contributed by atoms with Gasteiger partial charge in [0.05, 0.1) is 10.6 Å². The Labute approximate surface area is 120 Å². The number of halogens is 1. The molecular formula is C15H24ClNO2. The Hall–Kier alpha value is -0.770. The van der Waals surface area contributed by atoms with E-state index in [2.05, 4.69) is 19.2 Å². The maximum Gasteiger partial charge on any atom is 0.138 e. The minimum Gasteiger partial charge on any atom is -0.489 e. The third kappa shape index (κ3) is 5.81. The molecule has 0 radical (unpaired) electrons. The van der Waals surface area contributed by atoms with E-state index in [1.807, 2.05) is 25.1 Å². The van der Waals surface area contributed by atoms with Gasteiger partial charge < -0.3 is 15.2 Å². The van der Waals surface area contributed by atoms with Crippen LogP contribution in [0.15, 0.2) is 18.2 Å². The molecule has 1 aromatic rings. The highest BCUT2D eigenvalue weighted by atomic mass is 35.5.